The van der Waals surface area contributed by atoms with Crippen LogP contribution in [-0.4, -0.2) is 51.7 Å². The van der Waals surface area contributed by atoms with Gasteiger partial charge in [0.1, 0.15) is 5.75 Å². The lowest BCUT2D eigenvalue weighted by molar-refractivity contribution is 0.0177. The number of rotatable bonds is 11. The molecule has 1 aromatic heterocycles. The van der Waals surface area contributed by atoms with E-state index in [9.17, 15) is 5.11 Å². The minimum absolute atomic E-state index is 0.341. The molecular formula is C25H30ClN3O3. The molecule has 0 saturated heterocycles. The summed E-state index contributed by atoms with van der Waals surface area (Å²) in [5, 5.41) is 15.9. The van der Waals surface area contributed by atoms with Crippen LogP contribution in [-0.2, 0) is 11.3 Å². The van der Waals surface area contributed by atoms with Gasteiger partial charge in [-0.1, -0.05) is 35.9 Å². The molecular weight excluding hydrogens is 426 g/mol. The summed E-state index contributed by atoms with van der Waals surface area (Å²) < 4.78 is 13.6. The summed E-state index contributed by atoms with van der Waals surface area (Å²) in [7, 11) is 0. The van der Waals surface area contributed by atoms with Crippen molar-refractivity contribution in [2.75, 3.05) is 19.8 Å². The predicted molar refractivity (Wildman–Crippen MR) is 126 cm³/mol. The molecule has 0 radical (unpaired) electrons. The maximum Gasteiger partial charge on any atom is 0.227 e. The van der Waals surface area contributed by atoms with Gasteiger partial charge in [0.25, 0.3) is 0 Å². The van der Waals surface area contributed by atoms with Crippen LogP contribution >= 0.6 is 11.6 Å². The summed E-state index contributed by atoms with van der Waals surface area (Å²) in [5.74, 6) is 1.41. The van der Waals surface area contributed by atoms with Crippen LogP contribution in [0.2, 0.25) is 5.02 Å². The van der Waals surface area contributed by atoms with E-state index in [1.165, 1.54) is 0 Å². The third-order valence-corrected chi connectivity index (χ3v) is 5.77. The smallest absolute Gasteiger partial charge is 0.227 e. The Kier molecular flexibility index (Phi) is 7.48. The zero-order chi connectivity index (χ0) is 22.5. The molecule has 2 aromatic carbocycles. The number of ether oxygens (including phenoxy) is 2. The molecule has 0 unspecified atom stereocenters. The van der Waals surface area contributed by atoms with Crippen molar-refractivity contribution < 1.29 is 14.6 Å². The Morgan fingerprint density at radius 2 is 1.97 bits per heavy atom. The second-order valence-electron chi connectivity index (χ2n) is 8.15. The molecule has 0 bridgehead atoms. The number of nitrogens with zero attached hydrogens (tertiary/aromatic N) is 3. The highest BCUT2D eigenvalue weighted by Gasteiger charge is 2.32. The lowest BCUT2D eigenvalue weighted by Crippen LogP contribution is -2.36. The summed E-state index contributed by atoms with van der Waals surface area (Å²) >= 11 is 6.26. The van der Waals surface area contributed by atoms with Crippen molar-refractivity contribution in [3.8, 4) is 17.3 Å². The maximum atomic E-state index is 10.5. The molecule has 0 spiro atoms. The average molecular weight is 456 g/mol. The third kappa shape index (κ3) is 5.70. The Morgan fingerprint density at radius 3 is 2.66 bits per heavy atom. The first-order chi connectivity index (χ1) is 15.5. The van der Waals surface area contributed by atoms with E-state index in [1.54, 1.807) is 0 Å². The Bertz CT molecular complexity index is 1020. The highest BCUT2D eigenvalue weighted by molar-refractivity contribution is 6.30. The number of hydrogen-bond acceptors (Lipinski definition) is 5. The quantitative estimate of drug-likeness (QED) is 0.441. The van der Waals surface area contributed by atoms with Crippen LogP contribution in [0.3, 0.4) is 0 Å². The average Bonchev–Trinajstić information content (AvgIpc) is 3.59. The minimum atomic E-state index is -0.530. The van der Waals surface area contributed by atoms with Crippen LogP contribution in [0.15, 0.2) is 54.6 Å². The molecule has 170 valence electrons. The van der Waals surface area contributed by atoms with Gasteiger partial charge in [-0.05, 0) is 57.0 Å². The van der Waals surface area contributed by atoms with Crippen LogP contribution in [0.5, 0.6) is 11.6 Å². The summed E-state index contributed by atoms with van der Waals surface area (Å²) in [6, 6.07) is 17.8. The van der Waals surface area contributed by atoms with E-state index in [0.717, 1.165) is 35.5 Å². The summed E-state index contributed by atoms with van der Waals surface area (Å²) in [6.45, 7) is 6.07. The minimum Gasteiger partial charge on any atom is -0.439 e. The van der Waals surface area contributed by atoms with Gasteiger partial charge in [0, 0.05) is 30.8 Å². The van der Waals surface area contributed by atoms with E-state index in [4.69, 9.17) is 26.2 Å². The Labute approximate surface area is 194 Å². The molecule has 1 N–H and O–H groups in total. The van der Waals surface area contributed by atoms with Gasteiger partial charge < -0.3 is 14.6 Å². The molecule has 1 fully saturated rings. The van der Waals surface area contributed by atoms with Gasteiger partial charge in [0.2, 0.25) is 5.88 Å². The van der Waals surface area contributed by atoms with Gasteiger partial charge in [0.15, 0.2) is 0 Å². The fourth-order valence-electron chi connectivity index (χ4n) is 3.77. The molecule has 1 aliphatic rings. The van der Waals surface area contributed by atoms with Crippen molar-refractivity contribution >= 4 is 11.6 Å². The molecule has 1 atom stereocenters. The molecule has 0 amide bonds. The first kappa shape index (κ1) is 22.8. The Balaban J connectivity index is 1.67. The first-order valence-electron chi connectivity index (χ1n) is 11.1. The fourth-order valence-corrected chi connectivity index (χ4v) is 3.96. The highest BCUT2D eigenvalue weighted by atomic mass is 35.5. The number of aliphatic hydroxyl groups excluding tert-OH is 1. The van der Waals surface area contributed by atoms with Gasteiger partial charge in [-0.3, -0.25) is 4.90 Å². The van der Waals surface area contributed by atoms with E-state index in [2.05, 4.69) is 4.90 Å². The molecule has 1 aliphatic carbocycles. The van der Waals surface area contributed by atoms with Crippen molar-refractivity contribution in [2.45, 2.75) is 45.4 Å². The number of hydrogen-bond donors (Lipinski definition) is 1. The molecule has 32 heavy (non-hydrogen) atoms. The van der Waals surface area contributed by atoms with E-state index >= 15 is 0 Å². The van der Waals surface area contributed by atoms with Crippen LogP contribution < -0.4 is 4.74 Å². The van der Waals surface area contributed by atoms with Crippen molar-refractivity contribution in [1.82, 2.24) is 14.7 Å². The summed E-state index contributed by atoms with van der Waals surface area (Å²) in [4.78, 5) is 2.31. The topological polar surface area (TPSA) is 59.8 Å². The molecule has 4 rings (SSSR count). The molecule has 0 aliphatic heterocycles. The molecule has 3 aromatic rings. The second-order valence-corrected chi connectivity index (χ2v) is 8.59. The SMILES string of the molecule is CCOC[C@H](O)CN(Cc1c(C)nn(-c2cccc(Cl)c2)c1Oc1ccccc1)C1CC1. The highest BCUT2D eigenvalue weighted by Crippen LogP contribution is 2.35. The van der Waals surface area contributed by atoms with E-state index in [1.807, 2.05) is 73.1 Å². The van der Waals surface area contributed by atoms with Crippen molar-refractivity contribution in [1.29, 1.82) is 0 Å². The molecule has 6 nitrogen and oxygen atoms in total. The Morgan fingerprint density at radius 1 is 1.19 bits per heavy atom. The summed E-state index contributed by atoms with van der Waals surface area (Å²) in [5.41, 5.74) is 2.73. The molecule has 7 heteroatoms. The van der Waals surface area contributed by atoms with E-state index in [0.29, 0.717) is 43.2 Å². The number of aliphatic hydroxyl groups is 1. The van der Waals surface area contributed by atoms with Crippen LogP contribution in [0, 0.1) is 6.92 Å². The lowest BCUT2D eigenvalue weighted by Gasteiger charge is -2.25. The Hall–Kier alpha value is -2.38. The largest absolute Gasteiger partial charge is 0.439 e. The first-order valence-corrected chi connectivity index (χ1v) is 11.5. The fraction of sp³-hybridized carbons (Fsp3) is 0.400. The van der Waals surface area contributed by atoms with Gasteiger partial charge in [-0.2, -0.15) is 5.10 Å². The molecule has 1 heterocycles. The van der Waals surface area contributed by atoms with Gasteiger partial charge in [0.05, 0.1) is 29.7 Å². The zero-order valence-corrected chi connectivity index (χ0v) is 19.3. The van der Waals surface area contributed by atoms with Crippen LogP contribution in [0.4, 0.5) is 0 Å². The second kappa shape index (κ2) is 10.5. The van der Waals surface area contributed by atoms with Gasteiger partial charge >= 0.3 is 0 Å². The number of para-hydroxylation sites is 1. The zero-order valence-electron chi connectivity index (χ0n) is 18.6. The van der Waals surface area contributed by atoms with Gasteiger partial charge in [-0.15, -0.1) is 0 Å². The summed E-state index contributed by atoms with van der Waals surface area (Å²) in [6.07, 6.45) is 1.74. The van der Waals surface area contributed by atoms with Crippen LogP contribution in [0.1, 0.15) is 31.0 Å². The molecule has 1 saturated carbocycles. The van der Waals surface area contributed by atoms with Crippen molar-refractivity contribution in [2.24, 2.45) is 0 Å². The monoisotopic (exact) mass is 455 g/mol. The number of halogens is 1. The van der Waals surface area contributed by atoms with Gasteiger partial charge in [-0.25, -0.2) is 4.68 Å². The number of benzene rings is 2. The van der Waals surface area contributed by atoms with E-state index in [-0.39, 0.29) is 0 Å². The normalized spacial score (nSPS) is 14.7. The number of aromatic nitrogens is 2. The van der Waals surface area contributed by atoms with Crippen molar-refractivity contribution in [3.05, 3.63) is 70.9 Å². The lowest BCUT2D eigenvalue weighted by atomic mass is 10.2. The number of aryl methyl sites for hydroxylation is 1. The predicted octanol–water partition coefficient (Wildman–Crippen LogP) is 4.99. The van der Waals surface area contributed by atoms with Crippen LogP contribution in [0.25, 0.3) is 5.69 Å². The van der Waals surface area contributed by atoms with Crippen molar-refractivity contribution in [3.63, 3.8) is 0 Å². The van der Waals surface area contributed by atoms with E-state index < -0.39 is 6.10 Å². The third-order valence-electron chi connectivity index (χ3n) is 5.53. The maximum absolute atomic E-state index is 10.5. The standard InChI is InChI=1S/C25H30ClN3O3/c1-3-31-17-22(30)15-28(20-12-13-20)16-24-18(2)27-29(21-9-7-8-19(26)14-21)25(24)32-23-10-5-4-6-11-23/h4-11,14,20,22,30H,3,12-13,15-17H2,1-2H3/t22-/m1/s1.